The summed E-state index contributed by atoms with van der Waals surface area (Å²) in [6.45, 7) is 2.43. The molecule has 1 rings (SSSR count). The van der Waals surface area contributed by atoms with E-state index in [4.69, 9.17) is 4.74 Å². The average molecular weight is 389 g/mol. The molecule has 0 N–H and O–H groups in total. The van der Waals surface area contributed by atoms with Gasteiger partial charge in [0.05, 0.1) is 0 Å². The Balaban J connectivity index is 1.86. The van der Waals surface area contributed by atoms with Gasteiger partial charge in [0.2, 0.25) is 5.78 Å². The molecule has 0 bridgehead atoms. The molecule has 0 unspecified atom stereocenters. The highest BCUT2D eigenvalue weighted by Gasteiger charge is 2.14. The molecule has 158 valence electrons. The van der Waals surface area contributed by atoms with E-state index in [-0.39, 0.29) is 6.61 Å². The maximum atomic E-state index is 11.8. The molecule has 0 saturated heterocycles. The lowest BCUT2D eigenvalue weighted by Crippen LogP contribution is -2.17. The van der Waals surface area contributed by atoms with Crippen LogP contribution >= 0.6 is 0 Å². The number of hydrogen-bond donors (Lipinski definition) is 0. The SMILES string of the molecule is CCCCCCCCCCCCCCCCC(=O)C(=O)OCc1ccccc1. The van der Waals surface area contributed by atoms with E-state index in [1.807, 2.05) is 30.3 Å². The summed E-state index contributed by atoms with van der Waals surface area (Å²) in [6, 6.07) is 9.45. The lowest BCUT2D eigenvalue weighted by Gasteiger charge is -2.05. The first kappa shape index (κ1) is 24.4. The Morgan fingerprint density at radius 1 is 0.679 bits per heavy atom. The maximum Gasteiger partial charge on any atom is 0.374 e. The standard InChI is InChI=1S/C25H40O3/c1-2-3-4-5-6-7-8-9-10-11-12-13-14-18-21-24(26)25(27)28-22-23-19-16-15-17-20-23/h15-17,19-20H,2-14,18,21-22H2,1H3. The second-order valence-electron chi connectivity index (χ2n) is 7.83. The van der Waals surface area contributed by atoms with Crippen molar-refractivity contribution in [3.8, 4) is 0 Å². The van der Waals surface area contributed by atoms with Gasteiger partial charge in [-0.05, 0) is 12.0 Å². The average Bonchev–Trinajstić information content (AvgIpc) is 2.72. The highest BCUT2D eigenvalue weighted by Crippen LogP contribution is 2.13. The molecular formula is C25H40O3. The van der Waals surface area contributed by atoms with E-state index in [1.165, 1.54) is 70.6 Å². The van der Waals surface area contributed by atoms with Gasteiger partial charge in [-0.3, -0.25) is 4.79 Å². The molecule has 1 aromatic rings. The van der Waals surface area contributed by atoms with Crippen LogP contribution in [0.4, 0.5) is 0 Å². The fourth-order valence-corrected chi connectivity index (χ4v) is 3.39. The predicted octanol–water partition coefficient (Wildman–Crippen LogP) is 7.17. The van der Waals surface area contributed by atoms with Crippen LogP contribution < -0.4 is 0 Å². The normalized spacial score (nSPS) is 10.8. The van der Waals surface area contributed by atoms with Gasteiger partial charge in [0.1, 0.15) is 6.61 Å². The van der Waals surface area contributed by atoms with Gasteiger partial charge in [0, 0.05) is 6.42 Å². The topological polar surface area (TPSA) is 43.4 Å². The van der Waals surface area contributed by atoms with E-state index in [0.29, 0.717) is 6.42 Å². The summed E-state index contributed by atoms with van der Waals surface area (Å²) >= 11 is 0. The largest absolute Gasteiger partial charge is 0.455 e. The molecule has 0 atom stereocenters. The van der Waals surface area contributed by atoms with Gasteiger partial charge in [-0.1, -0.05) is 121 Å². The van der Waals surface area contributed by atoms with E-state index in [2.05, 4.69) is 6.92 Å². The lowest BCUT2D eigenvalue weighted by atomic mass is 10.0. The van der Waals surface area contributed by atoms with Gasteiger partial charge >= 0.3 is 5.97 Å². The highest BCUT2D eigenvalue weighted by molar-refractivity contribution is 6.33. The van der Waals surface area contributed by atoms with Crippen molar-refractivity contribution < 1.29 is 14.3 Å². The first-order valence-electron chi connectivity index (χ1n) is 11.5. The number of ether oxygens (including phenoxy) is 1. The van der Waals surface area contributed by atoms with Crippen molar-refractivity contribution in [2.75, 3.05) is 0 Å². The molecule has 3 nitrogen and oxygen atoms in total. The van der Waals surface area contributed by atoms with Gasteiger partial charge in [-0.15, -0.1) is 0 Å². The minimum atomic E-state index is -0.696. The molecule has 1 aromatic carbocycles. The lowest BCUT2D eigenvalue weighted by molar-refractivity contribution is -0.154. The Morgan fingerprint density at radius 3 is 1.64 bits per heavy atom. The summed E-state index contributed by atoms with van der Waals surface area (Å²) in [5.74, 6) is -1.09. The number of carbonyl (C=O) groups excluding carboxylic acids is 2. The predicted molar refractivity (Wildman–Crippen MR) is 116 cm³/mol. The Hall–Kier alpha value is -1.64. The highest BCUT2D eigenvalue weighted by atomic mass is 16.5. The Morgan fingerprint density at radius 2 is 1.14 bits per heavy atom. The summed E-state index contributed by atoms with van der Waals surface area (Å²) in [4.78, 5) is 23.5. The van der Waals surface area contributed by atoms with E-state index < -0.39 is 11.8 Å². The van der Waals surface area contributed by atoms with Crippen LogP contribution in [0.15, 0.2) is 30.3 Å². The summed E-state index contributed by atoms with van der Waals surface area (Å²) in [5, 5.41) is 0. The molecule has 3 heteroatoms. The van der Waals surface area contributed by atoms with Gasteiger partial charge in [0.15, 0.2) is 0 Å². The Labute approximate surface area is 172 Å². The zero-order chi connectivity index (χ0) is 20.3. The number of esters is 1. The molecule has 0 spiro atoms. The van der Waals surface area contributed by atoms with Gasteiger partial charge in [-0.25, -0.2) is 4.79 Å². The van der Waals surface area contributed by atoms with Crippen molar-refractivity contribution >= 4 is 11.8 Å². The van der Waals surface area contributed by atoms with E-state index in [0.717, 1.165) is 24.8 Å². The molecule has 0 saturated carbocycles. The van der Waals surface area contributed by atoms with Gasteiger partial charge in [0.25, 0.3) is 0 Å². The third-order valence-electron chi connectivity index (χ3n) is 5.20. The summed E-state index contributed by atoms with van der Waals surface area (Å²) < 4.78 is 5.07. The van der Waals surface area contributed by atoms with Crippen LogP contribution in [0.3, 0.4) is 0 Å². The third kappa shape index (κ3) is 13.5. The smallest absolute Gasteiger partial charge is 0.374 e. The fraction of sp³-hybridized carbons (Fsp3) is 0.680. The van der Waals surface area contributed by atoms with Crippen molar-refractivity contribution in [2.45, 2.75) is 110 Å². The minimum absolute atomic E-state index is 0.171. The molecule has 0 amide bonds. The number of hydrogen-bond acceptors (Lipinski definition) is 3. The van der Waals surface area contributed by atoms with Crippen molar-refractivity contribution in [3.05, 3.63) is 35.9 Å². The molecule has 0 aliphatic rings. The summed E-state index contributed by atoms with van der Waals surface area (Å²) in [7, 11) is 0. The first-order chi connectivity index (χ1) is 13.7. The summed E-state index contributed by atoms with van der Waals surface area (Å²) in [6.07, 6.45) is 18.2. The Bertz CT molecular complexity index is 510. The fourth-order valence-electron chi connectivity index (χ4n) is 3.39. The van der Waals surface area contributed by atoms with Crippen LogP contribution in [0.2, 0.25) is 0 Å². The number of benzene rings is 1. The van der Waals surface area contributed by atoms with Crippen molar-refractivity contribution in [3.63, 3.8) is 0 Å². The molecule has 0 aliphatic heterocycles. The number of ketones is 1. The number of Topliss-reactive ketones (excluding diaryl/α,β-unsaturated/α-hetero) is 1. The molecular weight excluding hydrogens is 348 g/mol. The molecule has 0 aliphatic carbocycles. The Kier molecular flexibility index (Phi) is 15.2. The molecule has 0 radical (unpaired) electrons. The number of carbonyl (C=O) groups is 2. The zero-order valence-electron chi connectivity index (χ0n) is 17.9. The van der Waals surface area contributed by atoms with E-state index in [9.17, 15) is 9.59 Å². The van der Waals surface area contributed by atoms with Crippen molar-refractivity contribution in [1.82, 2.24) is 0 Å². The number of rotatable bonds is 18. The monoisotopic (exact) mass is 388 g/mol. The second kappa shape index (κ2) is 17.5. The van der Waals surface area contributed by atoms with Crippen LogP contribution in [0.5, 0.6) is 0 Å². The first-order valence-corrected chi connectivity index (χ1v) is 11.5. The molecule has 0 heterocycles. The third-order valence-corrected chi connectivity index (χ3v) is 5.20. The van der Waals surface area contributed by atoms with E-state index in [1.54, 1.807) is 0 Å². The second-order valence-corrected chi connectivity index (χ2v) is 7.83. The van der Waals surface area contributed by atoms with Crippen LogP contribution in [0, 0.1) is 0 Å². The van der Waals surface area contributed by atoms with Crippen LogP contribution in [0.25, 0.3) is 0 Å². The van der Waals surface area contributed by atoms with Gasteiger partial charge < -0.3 is 4.74 Å². The van der Waals surface area contributed by atoms with Crippen LogP contribution in [-0.4, -0.2) is 11.8 Å². The molecule has 0 fully saturated rings. The summed E-state index contributed by atoms with van der Waals surface area (Å²) in [5.41, 5.74) is 0.903. The maximum absolute atomic E-state index is 11.8. The molecule has 28 heavy (non-hydrogen) atoms. The van der Waals surface area contributed by atoms with Crippen LogP contribution in [0.1, 0.15) is 109 Å². The number of unbranched alkanes of at least 4 members (excludes halogenated alkanes) is 13. The van der Waals surface area contributed by atoms with E-state index >= 15 is 0 Å². The van der Waals surface area contributed by atoms with Crippen molar-refractivity contribution in [1.29, 1.82) is 0 Å². The van der Waals surface area contributed by atoms with Gasteiger partial charge in [-0.2, -0.15) is 0 Å². The van der Waals surface area contributed by atoms with Crippen molar-refractivity contribution in [2.24, 2.45) is 0 Å². The molecule has 0 aromatic heterocycles. The minimum Gasteiger partial charge on any atom is -0.455 e. The van der Waals surface area contributed by atoms with Crippen LogP contribution in [-0.2, 0) is 20.9 Å². The zero-order valence-corrected chi connectivity index (χ0v) is 17.9. The quantitative estimate of drug-likeness (QED) is 0.152.